The van der Waals surface area contributed by atoms with Crippen LogP contribution in [0.1, 0.15) is 22.8 Å². The number of carbonyl (C=O) groups is 1. The Morgan fingerprint density at radius 3 is 2.78 bits per heavy atom. The Hall–Kier alpha value is -2.91. The van der Waals surface area contributed by atoms with E-state index in [-0.39, 0.29) is 5.91 Å². The molecule has 114 valence electrons. The van der Waals surface area contributed by atoms with Gasteiger partial charge in [-0.25, -0.2) is 4.98 Å². The van der Waals surface area contributed by atoms with Crippen LogP contribution in [-0.4, -0.2) is 17.5 Å². The summed E-state index contributed by atoms with van der Waals surface area (Å²) in [5.74, 6) is 0.534. The molecule has 1 N–H and O–H groups in total. The topological polar surface area (TPSA) is 75.0 Å². The lowest BCUT2D eigenvalue weighted by atomic mass is 10.1. The minimum Gasteiger partial charge on any atom is -0.494 e. The van der Waals surface area contributed by atoms with E-state index in [0.29, 0.717) is 22.9 Å². The Morgan fingerprint density at radius 2 is 2.09 bits per heavy atom. The quantitative estimate of drug-likeness (QED) is 0.792. The molecule has 0 fully saturated rings. The van der Waals surface area contributed by atoms with Crippen molar-refractivity contribution in [2.75, 3.05) is 11.9 Å². The number of nitriles is 1. The molecule has 1 amide bonds. The number of hydrogen-bond acceptors (Lipinski definition) is 5. The maximum atomic E-state index is 12.2. The summed E-state index contributed by atoms with van der Waals surface area (Å²) >= 11 is 1.39. The number of ether oxygens (including phenoxy) is 1. The van der Waals surface area contributed by atoms with Crippen LogP contribution in [0.25, 0.3) is 10.2 Å². The predicted molar refractivity (Wildman–Crippen MR) is 89.9 cm³/mol. The molecule has 0 bridgehead atoms. The molecule has 2 aromatic carbocycles. The summed E-state index contributed by atoms with van der Waals surface area (Å²) in [6.45, 7) is 2.53. The van der Waals surface area contributed by atoms with E-state index in [1.165, 1.54) is 11.3 Å². The molecule has 23 heavy (non-hydrogen) atoms. The first kappa shape index (κ1) is 15.0. The van der Waals surface area contributed by atoms with Crippen molar-refractivity contribution in [2.45, 2.75) is 6.92 Å². The first-order valence-corrected chi connectivity index (χ1v) is 7.86. The number of hydrogen-bond donors (Lipinski definition) is 1. The molecule has 3 rings (SSSR count). The van der Waals surface area contributed by atoms with E-state index >= 15 is 0 Å². The molecule has 0 saturated heterocycles. The molecule has 1 heterocycles. The molecule has 5 nitrogen and oxygen atoms in total. The second-order valence-electron chi connectivity index (χ2n) is 4.72. The summed E-state index contributed by atoms with van der Waals surface area (Å²) < 4.78 is 6.41. The maximum absolute atomic E-state index is 12.2. The second-order valence-corrected chi connectivity index (χ2v) is 5.76. The lowest BCUT2D eigenvalue weighted by Crippen LogP contribution is -2.11. The first-order valence-electron chi connectivity index (χ1n) is 7.04. The van der Waals surface area contributed by atoms with Crippen molar-refractivity contribution in [2.24, 2.45) is 0 Å². The Bertz CT molecular complexity index is 894. The number of benzene rings is 2. The Morgan fingerprint density at radius 1 is 1.30 bits per heavy atom. The smallest absolute Gasteiger partial charge is 0.257 e. The maximum Gasteiger partial charge on any atom is 0.257 e. The highest BCUT2D eigenvalue weighted by Gasteiger charge is 2.10. The molecule has 0 radical (unpaired) electrons. The third-order valence-electron chi connectivity index (χ3n) is 3.17. The summed E-state index contributed by atoms with van der Waals surface area (Å²) in [6.07, 6.45) is 0. The van der Waals surface area contributed by atoms with Gasteiger partial charge in [0.2, 0.25) is 0 Å². The van der Waals surface area contributed by atoms with Crippen LogP contribution in [0.2, 0.25) is 0 Å². The van der Waals surface area contributed by atoms with Crippen LogP contribution in [0.3, 0.4) is 0 Å². The number of nitrogens with one attached hydrogen (secondary N) is 1. The largest absolute Gasteiger partial charge is 0.494 e. The molecule has 3 aromatic rings. The van der Waals surface area contributed by atoms with E-state index in [9.17, 15) is 4.79 Å². The average molecular weight is 323 g/mol. The summed E-state index contributed by atoms with van der Waals surface area (Å²) in [6, 6.07) is 14.1. The molecule has 0 aliphatic carbocycles. The van der Waals surface area contributed by atoms with Crippen molar-refractivity contribution < 1.29 is 9.53 Å². The molecule has 0 saturated carbocycles. The SMILES string of the molecule is CCOc1ccc2nc(NC(=O)c3ccc(C#N)cc3)sc2c1. The van der Waals surface area contributed by atoms with Crippen LogP contribution in [0.15, 0.2) is 42.5 Å². The van der Waals surface area contributed by atoms with Gasteiger partial charge in [0.1, 0.15) is 5.75 Å². The van der Waals surface area contributed by atoms with Gasteiger partial charge in [-0.05, 0) is 49.4 Å². The summed E-state index contributed by atoms with van der Waals surface area (Å²) in [7, 11) is 0. The molecule has 0 spiro atoms. The van der Waals surface area contributed by atoms with Crippen molar-refractivity contribution in [3.8, 4) is 11.8 Å². The fraction of sp³-hybridized carbons (Fsp3) is 0.118. The lowest BCUT2D eigenvalue weighted by molar-refractivity contribution is 0.102. The molecule has 0 unspecified atom stereocenters. The van der Waals surface area contributed by atoms with Crippen LogP contribution in [0.4, 0.5) is 5.13 Å². The van der Waals surface area contributed by atoms with Crippen molar-refractivity contribution in [1.82, 2.24) is 4.98 Å². The summed E-state index contributed by atoms with van der Waals surface area (Å²) in [5.41, 5.74) is 1.82. The van der Waals surface area contributed by atoms with Crippen molar-refractivity contribution in [1.29, 1.82) is 5.26 Å². The van der Waals surface area contributed by atoms with Gasteiger partial charge in [0.15, 0.2) is 5.13 Å². The monoisotopic (exact) mass is 323 g/mol. The van der Waals surface area contributed by atoms with Crippen LogP contribution in [-0.2, 0) is 0 Å². The Labute approximate surface area is 137 Å². The second kappa shape index (κ2) is 6.46. The number of amides is 1. The summed E-state index contributed by atoms with van der Waals surface area (Å²) in [4.78, 5) is 16.6. The number of carbonyl (C=O) groups excluding carboxylic acids is 1. The van der Waals surface area contributed by atoms with Crippen LogP contribution >= 0.6 is 11.3 Å². The zero-order chi connectivity index (χ0) is 16.2. The van der Waals surface area contributed by atoms with Crippen LogP contribution in [0, 0.1) is 11.3 Å². The van der Waals surface area contributed by atoms with Crippen LogP contribution in [0.5, 0.6) is 5.75 Å². The minimum atomic E-state index is -0.251. The van der Waals surface area contributed by atoms with E-state index in [1.54, 1.807) is 24.3 Å². The standard InChI is InChI=1S/C17H13N3O2S/c1-2-22-13-7-8-14-15(9-13)23-17(19-14)20-16(21)12-5-3-11(10-18)4-6-12/h3-9H,2H2,1H3,(H,19,20,21). The third kappa shape index (κ3) is 3.30. The zero-order valence-electron chi connectivity index (χ0n) is 12.4. The summed E-state index contributed by atoms with van der Waals surface area (Å²) in [5, 5.41) is 12.1. The molecule has 1 aromatic heterocycles. The Kier molecular flexibility index (Phi) is 4.22. The fourth-order valence-corrected chi connectivity index (χ4v) is 2.97. The number of rotatable bonds is 4. The van der Waals surface area contributed by atoms with Crippen molar-refractivity contribution in [3.05, 3.63) is 53.6 Å². The van der Waals surface area contributed by atoms with E-state index in [1.807, 2.05) is 31.2 Å². The molecule has 0 aliphatic rings. The molecule has 0 atom stereocenters. The first-order chi connectivity index (χ1) is 11.2. The van der Waals surface area contributed by atoms with Gasteiger partial charge in [-0.2, -0.15) is 5.26 Å². The molecular weight excluding hydrogens is 310 g/mol. The van der Waals surface area contributed by atoms with Gasteiger partial charge in [-0.1, -0.05) is 11.3 Å². The number of aromatic nitrogens is 1. The van der Waals surface area contributed by atoms with E-state index < -0.39 is 0 Å². The Balaban J connectivity index is 1.80. The van der Waals surface area contributed by atoms with Crippen LogP contribution < -0.4 is 10.1 Å². The van der Waals surface area contributed by atoms with E-state index in [4.69, 9.17) is 10.00 Å². The predicted octanol–water partition coefficient (Wildman–Crippen LogP) is 3.82. The average Bonchev–Trinajstić information content (AvgIpc) is 2.96. The van der Waals surface area contributed by atoms with Gasteiger partial charge in [-0.15, -0.1) is 0 Å². The number of thiazole rings is 1. The van der Waals surface area contributed by atoms with E-state index in [2.05, 4.69) is 10.3 Å². The van der Waals surface area contributed by atoms with Gasteiger partial charge >= 0.3 is 0 Å². The highest BCUT2D eigenvalue weighted by molar-refractivity contribution is 7.22. The van der Waals surface area contributed by atoms with Gasteiger partial charge < -0.3 is 4.74 Å². The highest BCUT2D eigenvalue weighted by Crippen LogP contribution is 2.29. The molecule has 6 heteroatoms. The van der Waals surface area contributed by atoms with Crippen molar-refractivity contribution >= 4 is 32.6 Å². The zero-order valence-corrected chi connectivity index (χ0v) is 13.2. The van der Waals surface area contributed by atoms with Gasteiger partial charge in [0.05, 0.1) is 28.5 Å². The fourth-order valence-electron chi connectivity index (χ4n) is 2.08. The van der Waals surface area contributed by atoms with Gasteiger partial charge in [0.25, 0.3) is 5.91 Å². The minimum absolute atomic E-state index is 0.251. The number of anilines is 1. The van der Waals surface area contributed by atoms with Gasteiger partial charge in [0, 0.05) is 5.56 Å². The number of nitrogens with zero attached hydrogens (tertiary/aromatic N) is 2. The highest BCUT2D eigenvalue weighted by atomic mass is 32.1. The lowest BCUT2D eigenvalue weighted by Gasteiger charge is -2.01. The third-order valence-corrected chi connectivity index (χ3v) is 4.10. The number of fused-ring (bicyclic) bond motifs is 1. The van der Waals surface area contributed by atoms with Crippen molar-refractivity contribution in [3.63, 3.8) is 0 Å². The van der Waals surface area contributed by atoms with Gasteiger partial charge in [-0.3, -0.25) is 10.1 Å². The normalized spacial score (nSPS) is 10.3. The van der Waals surface area contributed by atoms with E-state index in [0.717, 1.165) is 16.0 Å². The molecular formula is C17H13N3O2S. The molecule has 0 aliphatic heterocycles.